The van der Waals surface area contributed by atoms with E-state index in [1.54, 1.807) is 14.2 Å². The molecule has 0 bridgehead atoms. The van der Waals surface area contributed by atoms with Crippen LogP contribution >= 0.6 is 0 Å². The average Bonchev–Trinajstić information content (AvgIpc) is 3.15. The van der Waals surface area contributed by atoms with Crippen LogP contribution in [0.2, 0.25) is 0 Å². The standard InChI is InChI=1S/C14H16N2O2/c1-17-11-5-6-12(14(7-11)18-2)13-8-15-9-16(13)10-3-4-10/h5-10H,3-4H2,1-2H3. The Balaban J connectivity index is 2.07. The van der Waals surface area contributed by atoms with Crippen LogP contribution in [0.3, 0.4) is 0 Å². The number of aromatic nitrogens is 2. The fourth-order valence-electron chi connectivity index (χ4n) is 2.17. The van der Waals surface area contributed by atoms with Gasteiger partial charge < -0.3 is 14.0 Å². The summed E-state index contributed by atoms with van der Waals surface area (Å²) in [5.41, 5.74) is 2.17. The van der Waals surface area contributed by atoms with E-state index in [-0.39, 0.29) is 0 Å². The van der Waals surface area contributed by atoms with Gasteiger partial charge in [0.1, 0.15) is 11.5 Å². The average molecular weight is 244 g/mol. The lowest BCUT2D eigenvalue weighted by Crippen LogP contribution is -1.97. The molecular weight excluding hydrogens is 228 g/mol. The van der Waals surface area contributed by atoms with Gasteiger partial charge in [-0.1, -0.05) is 0 Å². The van der Waals surface area contributed by atoms with E-state index in [1.807, 2.05) is 30.7 Å². The van der Waals surface area contributed by atoms with Gasteiger partial charge in [0, 0.05) is 17.7 Å². The number of hydrogen-bond donors (Lipinski definition) is 0. The molecule has 0 spiro atoms. The van der Waals surface area contributed by atoms with Gasteiger partial charge in [-0.25, -0.2) is 4.98 Å². The molecule has 3 rings (SSSR count). The van der Waals surface area contributed by atoms with Crippen molar-refractivity contribution in [3.8, 4) is 22.8 Å². The lowest BCUT2D eigenvalue weighted by atomic mass is 10.1. The minimum absolute atomic E-state index is 0.606. The fourth-order valence-corrected chi connectivity index (χ4v) is 2.17. The molecule has 0 unspecified atom stereocenters. The van der Waals surface area contributed by atoms with Gasteiger partial charge in [-0.05, 0) is 25.0 Å². The summed E-state index contributed by atoms with van der Waals surface area (Å²) in [5, 5.41) is 0. The number of benzene rings is 1. The van der Waals surface area contributed by atoms with E-state index >= 15 is 0 Å². The Kier molecular flexibility index (Phi) is 2.70. The van der Waals surface area contributed by atoms with E-state index in [0.717, 1.165) is 22.8 Å². The molecule has 0 aliphatic heterocycles. The molecule has 94 valence electrons. The minimum atomic E-state index is 0.606. The molecule has 2 aromatic rings. The van der Waals surface area contributed by atoms with E-state index in [4.69, 9.17) is 9.47 Å². The number of hydrogen-bond acceptors (Lipinski definition) is 3. The molecule has 0 radical (unpaired) electrons. The van der Waals surface area contributed by atoms with Crippen LogP contribution in [0.15, 0.2) is 30.7 Å². The van der Waals surface area contributed by atoms with Gasteiger partial charge in [0.05, 0.1) is 32.4 Å². The van der Waals surface area contributed by atoms with Crippen molar-refractivity contribution in [3.05, 3.63) is 30.7 Å². The van der Waals surface area contributed by atoms with Crippen molar-refractivity contribution in [1.29, 1.82) is 0 Å². The molecule has 1 saturated carbocycles. The molecule has 18 heavy (non-hydrogen) atoms. The zero-order valence-corrected chi connectivity index (χ0v) is 10.6. The number of rotatable bonds is 4. The third-order valence-electron chi connectivity index (χ3n) is 3.29. The molecule has 0 N–H and O–H groups in total. The molecular formula is C14H16N2O2. The van der Waals surface area contributed by atoms with Crippen LogP contribution in [0.1, 0.15) is 18.9 Å². The van der Waals surface area contributed by atoms with Crippen molar-refractivity contribution >= 4 is 0 Å². The summed E-state index contributed by atoms with van der Waals surface area (Å²) < 4.78 is 12.9. The Hall–Kier alpha value is -1.97. The SMILES string of the molecule is COc1ccc(-c2cncn2C2CC2)c(OC)c1. The lowest BCUT2D eigenvalue weighted by molar-refractivity contribution is 0.395. The maximum atomic E-state index is 5.45. The summed E-state index contributed by atoms with van der Waals surface area (Å²) >= 11 is 0. The molecule has 4 heteroatoms. The largest absolute Gasteiger partial charge is 0.497 e. The molecule has 4 nitrogen and oxygen atoms in total. The second-order valence-corrected chi connectivity index (χ2v) is 4.48. The Morgan fingerprint density at radius 1 is 1.22 bits per heavy atom. The second kappa shape index (κ2) is 4.37. The van der Waals surface area contributed by atoms with Crippen molar-refractivity contribution in [2.45, 2.75) is 18.9 Å². The summed E-state index contributed by atoms with van der Waals surface area (Å²) in [5.74, 6) is 1.62. The molecule has 1 aliphatic carbocycles. The normalized spacial score (nSPS) is 14.6. The Morgan fingerprint density at radius 2 is 2.06 bits per heavy atom. The highest BCUT2D eigenvalue weighted by molar-refractivity contribution is 5.68. The van der Waals surface area contributed by atoms with Crippen LogP contribution < -0.4 is 9.47 Å². The topological polar surface area (TPSA) is 36.3 Å². The maximum absolute atomic E-state index is 5.45. The van der Waals surface area contributed by atoms with Gasteiger partial charge in [-0.15, -0.1) is 0 Å². The zero-order valence-electron chi connectivity index (χ0n) is 10.6. The Bertz CT molecular complexity index is 559. The van der Waals surface area contributed by atoms with Crippen molar-refractivity contribution in [2.24, 2.45) is 0 Å². The minimum Gasteiger partial charge on any atom is -0.497 e. The molecule has 1 aromatic carbocycles. The quantitative estimate of drug-likeness (QED) is 0.829. The third kappa shape index (κ3) is 1.83. The predicted octanol–water partition coefficient (Wildman–Crippen LogP) is 2.90. The highest BCUT2D eigenvalue weighted by Crippen LogP contribution is 2.40. The van der Waals surface area contributed by atoms with Crippen LogP contribution in [0.5, 0.6) is 11.5 Å². The number of imidazole rings is 1. The summed E-state index contributed by atoms with van der Waals surface area (Å²) in [6, 6.07) is 6.48. The van der Waals surface area contributed by atoms with Gasteiger partial charge >= 0.3 is 0 Å². The first-order valence-electron chi connectivity index (χ1n) is 6.07. The summed E-state index contributed by atoms with van der Waals surface area (Å²) in [6.07, 6.45) is 6.27. The first kappa shape index (κ1) is 11.1. The van der Waals surface area contributed by atoms with Crippen molar-refractivity contribution in [2.75, 3.05) is 14.2 Å². The summed E-state index contributed by atoms with van der Waals surface area (Å²) in [4.78, 5) is 4.25. The van der Waals surface area contributed by atoms with Crippen LogP contribution in [-0.4, -0.2) is 23.8 Å². The number of nitrogens with zero attached hydrogens (tertiary/aromatic N) is 2. The predicted molar refractivity (Wildman–Crippen MR) is 69.0 cm³/mol. The third-order valence-corrected chi connectivity index (χ3v) is 3.29. The molecule has 0 amide bonds. The molecule has 0 atom stereocenters. The molecule has 1 fully saturated rings. The number of ether oxygens (including phenoxy) is 2. The van der Waals surface area contributed by atoms with Crippen LogP contribution in [0.25, 0.3) is 11.3 Å². The van der Waals surface area contributed by atoms with Crippen LogP contribution in [-0.2, 0) is 0 Å². The lowest BCUT2D eigenvalue weighted by Gasteiger charge is -2.12. The van der Waals surface area contributed by atoms with Gasteiger partial charge in [-0.2, -0.15) is 0 Å². The van der Waals surface area contributed by atoms with E-state index in [2.05, 4.69) is 9.55 Å². The highest BCUT2D eigenvalue weighted by atomic mass is 16.5. The maximum Gasteiger partial charge on any atom is 0.131 e. The van der Waals surface area contributed by atoms with Gasteiger partial charge in [0.25, 0.3) is 0 Å². The second-order valence-electron chi connectivity index (χ2n) is 4.48. The first-order chi connectivity index (χ1) is 8.83. The smallest absolute Gasteiger partial charge is 0.131 e. The molecule has 1 aromatic heterocycles. The Morgan fingerprint density at radius 3 is 2.72 bits per heavy atom. The molecule has 1 heterocycles. The Labute approximate surface area is 106 Å². The van der Waals surface area contributed by atoms with Crippen molar-refractivity contribution in [1.82, 2.24) is 9.55 Å². The van der Waals surface area contributed by atoms with Gasteiger partial charge in [0.2, 0.25) is 0 Å². The van der Waals surface area contributed by atoms with Crippen LogP contribution in [0, 0.1) is 0 Å². The van der Waals surface area contributed by atoms with Crippen molar-refractivity contribution in [3.63, 3.8) is 0 Å². The van der Waals surface area contributed by atoms with E-state index in [9.17, 15) is 0 Å². The van der Waals surface area contributed by atoms with Gasteiger partial charge in [0.15, 0.2) is 0 Å². The fraction of sp³-hybridized carbons (Fsp3) is 0.357. The van der Waals surface area contributed by atoms with E-state index < -0.39 is 0 Å². The highest BCUT2D eigenvalue weighted by Gasteiger charge is 2.26. The van der Waals surface area contributed by atoms with Gasteiger partial charge in [-0.3, -0.25) is 0 Å². The van der Waals surface area contributed by atoms with E-state index in [1.165, 1.54) is 12.8 Å². The van der Waals surface area contributed by atoms with Crippen molar-refractivity contribution < 1.29 is 9.47 Å². The summed E-state index contributed by atoms with van der Waals surface area (Å²) in [6.45, 7) is 0. The summed E-state index contributed by atoms with van der Waals surface area (Å²) in [7, 11) is 3.33. The zero-order chi connectivity index (χ0) is 12.5. The molecule has 1 aliphatic rings. The van der Waals surface area contributed by atoms with Crippen LogP contribution in [0.4, 0.5) is 0 Å². The molecule has 0 saturated heterocycles. The van der Waals surface area contributed by atoms with E-state index in [0.29, 0.717) is 6.04 Å². The number of methoxy groups -OCH3 is 2. The first-order valence-corrected chi connectivity index (χ1v) is 6.07. The monoisotopic (exact) mass is 244 g/mol.